The summed E-state index contributed by atoms with van der Waals surface area (Å²) in [6, 6.07) is 10.0. The molecule has 2 nitrogen and oxygen atoms in total. The molecule has 0 bridgehead atoms. The molecule has 19 heavy (non-hydrogen) atoms. The molecule has 0 unspecified atom stereocenters. The molecule has 0 saturated heterocycles. The molecule has 0 aliphatic rings. The van der Waals surface area contributed by atoms with Gasteiger partial charge in [-0.15, -0.1) is 0 Å². The zero-order chi connectivity index (χ0) is 13.8. The van der Waals surface area contributed by atoms with Crippen LogP contribution in [0.3, 0.4) is 0 Å². The van der Waals surface area contributed by atoms with E-state index in [1.807, 2.05) is 6.07 Å². The summed E-state index contributed by atoms with van der Waals surface area (Å²) in [5, 5.41) is 8.95. The summed E-state index contributed by atoms with van der Waals surface area (Å²) in [5.74, 6) is -0.748. The molecule has 2 aromatic carbocycles. The standard InChI is InChI=1S/C14H8BrF2NO/c15-11-1-4-14(9(5-11)7-18)19-8-10-6-12(16)2-3-13(10)17/h1-6H,8H2. The highest BCUT2D eigenvalue weighted by molar-refractivity contribution is 9.10. The molecule has 0 amide bonds. The third-order valence-electron chi connectivity index (χ3n) is 2.45. The molecule has 2 rings (SSSR count). The molecular formula is C14H8BrF2NO. The van der Waals surface area contributed by atoms with E-state index in [-0.39, 0.29) is 12.2 Å². The molecule has 0 aliphatic heterocycles. The number of hydrogen-bond acceptors (Lipinski definition) is 2. The molecule has 5 heteroatoms. The van der Waals surface area contributed by atoms with Gasteiger partial charge in [-0.25, -0.2) is 8.78 Å². The van der Waals surface area contributed by atoms with E-state index in [4.69, 9.17) is 10.00 Å². The van der Waals surface area contributed by atoms with E-state index in [0.717, 1.165) is 22.7 Å². The van der Waals surface area contributed by atoms with Crippen molar-refractivity contribution in [1.82, 2.24) is 0 Å². The topological polar surface area (TPSA) is 33.0 Å². The Morgan fingerprint density at radius 1 is 1.16 bits per heavy atom. The van der Waals surface area contributed by atoms with Gasteiger partial charge in [-0.3, -0.25) is 0 Å². The summed E-state index contributed by atoms with van der Waals surface area (Å²) in [6.07, 6.45) is 0. The van der Waals surface area contributed by atoms with E-state index in [9.17, 15) is 8.78 Å². The molecule has 0 aromatic heterocycles. The van der Waals surface area contributed by atoms with E-state index in [1.165, 1.54) is 0 Å². The number of rotatable bonds is 3. The van der Waals surface area contributed by atoms with E-state index in [1.54, 1.807) is 18.2 Å². The second kappa shape index (κ2) is 5.81. The van der Waals surface area contributed by atoms with Gasteiger partial charge < -0.3 is 4.74 Å². The van der Waals surface area contributed by atoms with Crippen LogP contribution in [-0.2, 0) is 6.61 Å². The first-order valence-electron chi connectivity index (χ1n) is 5.36. The highest BCUT2D eigenvalue weighted by Crippen LogP contribution is 2.23. The monoisotopic (exact) mass is 323 g/mol. The zero-order valence-electron chi connectivity index (χ0n) is 9.66. The van der Waals surface area contributed by atoms with Gasteiger partial charge in [0.05, 0.1) is 5.56 Å². The minimum atomic E-state index is -0.544. The van der Waals surface area contributed by atoms with Gasteiger partial charge in [0, 0.05) is 10.0 Å². The Morgan fingerprint density at radius 2 is 1.95 bits per heavy atom. The van der Waals surface area contributed by atoms with Crippen LogP contribution in [0.4, 0.5) is 8.78 Å². The highest BCUT2D eigenvalue weighted by atomic mass is 79.9. The van der Waals surface area contributed by atoms with Crippen LogP contribution in [0.2, 0.25) is 0 Å². The Balaban J connectivity index is 2.19. The fraction of sp³-hybridized carbons (Fsp3) is 0.0714. The van der Waals surface area contributed by atoms with Gasteiger partial charge in [0.15, 0.2) is 0 Å². The van der Waals surface area contributed by atoms with Crippen molar-refractivity contribution >= 4 is 15.9 Å². The molecule has 0 saturated carbocycles. The lowest BCUT2D eigenvalue weighted by Crippen LogP contribution is -2.00. The van der Waals surface area contributed by atoms with Gasteiger partial charge in [0.25, 0.3) is 0 Å². The van der Waals surface area contributed by atoms with Gasteiger partial charge in [-0.1, -0.05) is 15.9 Å². The number of benzene rings is 2. The van der Waals surface area contributed by atoms with Crippen LogP contribution in [0.25, 0.3) is 0 Å². The first-order valence-corrected chi connectivity index (χ1v) is 6.16. The summed E-state index contributed by atoms with van der Waals surface area (Å²) >= 11 is 3.24. The maximum Gasteiger partial charge on any atom is 0.137 e. The van der Waals surface area contributed by atoms with E-state index >= 15 is 0 Å². The SMILES string of the molecule is N#Cc1cc(Br)ccc1OCc1cc(F)ccc1F. The van der Waals surface area contributed by atoms with Crippen LogP contribution < -0.4 is 4.74 Å². The maximum atomic E-state index is 13.4. The van der Waals surface area contributed by atoms with Crippen LogP contribution in [0, 0.1) is 23.0 Å². The quantitative estimate of drug-likeness (QED) is 0.849. The summed E-state index contributed by atoms with van der Waals surface area (Å²) in [7, 11) is 0. The van der Waals surface area contributed by atoms with Gasteiger partial charge in [-0.05, 0) is 36.4 Å². The normalized spacial score (nSPS) is 10.0. The molecule has 0 radical (unpaired) electrons. The summed E-state index contributed by atoms with van der Waals surface area (Å²) in [4.78, 5) is 0. The lowest BCUT2D eigenvalue weighted by Gasteiger charge is -2.09. The van der Waals surface area contributed by atoms with Crippen LogP contribution in [0.15, 0.2) is 40.9 Å². The first kappa shape index (κ1) is 13.5. The highest BCUT2D eigenvalue weighted by Gasteiger charge is 2.08. The number of hydrogen-bond donors (Lipinski definition) is 0. The second-order valence-corrected chi connectivity index (χ2v) is 4.69. The van der Waals surface area contributed by atoms with Gasteiger partial charge in [0.2, 0.25) is 0 Å². The number of halogens is 3. The van der Waals surface area contributed by atoms with Crippen molar-refractivity contribution in [2.24, 2.45) is 0 Å². The summed E-state index contributed by atoms with van der Waals surface area (Å²) in [5.41, 5.74) is 0.429. The summed E-state index contributed by atoms with van der Waals surface area (Å²) < 4.78 is 32.5. The fourth-order valence-corrected chi connectivity index (χ4v) is 1.89. The fourth-order valence-electron chi connectivity index (χ4n) is 1.52. The molecular weight excluding hydrogens is 316 g/mol. The van der Waals surface area contributed by atoms with Crippen molar-refractivity contribution in [2.45, 2.75) is 6.61 Å². The smallest absolute Gasteiger partial charge is 0.137 e. The minimum Gasteiger partial charge on any atom is -0.487 e. The maximum absolute atomic E-state index is 13.4. The molecule has 2 aromatic rings. The largest absolute Gasteiger partial charge is 0.487 e. The van der Waals surface area contributed by atoms with Crippen molar-refractivity contribution < 1.29 is 13.5 Å². The molecule has 0 atom stereocenters. The lowest BCUT2D eigenvalue weighted by molar-refractivity contribution is 0.298. The van der Waals surface area contributed by atoms with Crippen LogP contribution >= 0.6 is 15.9 Å². The Morgan fingerprint density at radius 3 is 2.68 bits per heavy atom. The van der Waals surface area contributed by atoms with Crippen molar-refractivity contribution in [3.05, 3.63) is 63.6 Å². The molecule has 0 heterocycles. The van der Waals surface area contributed by atoms with Crippen LogP contribution in [0.1, 0.15) is 11.1 Å². The Bertz CT molecular complexity index is 652. The summed E-state index contributed by atoms with van der Waals surface area (Å²) in [6.45, 7) is -0.139. The predicted octanol–water partition coefficient (Wildman–Crippen LogP) is 4.18. The average molecular weight is 324 g/mol. The molecule has 0 aliphatic carbocycles. The van der Waals surface area contributed by atoms with E-state index in [0.29, 0.717) is 11.3 Å². The lowest BCUT2D eigenvalue weighted by atomic mass is 10.2. The second-order valence-electron chi connectivity index (χ2n) is 3.78. The number of ether oxygens (including phenoxy) is 1. The van der Waals surface area contributed by atoms with E-state index in [2.05, 4.69) is 15.9 Å². The third kappa shape index (κ3) is 3.30. The number of nitriles is 1. The Kier molecular flexibility index (Phi) is 4.13. The van der Waals surface area contributed by atoms with Crippen molar-refractivity contribution in [3.8, 4) is 11.8 Å². The van der Waals surface area contributed by atoms with Gasteiger partial charge in [-0.2, -0.15) is 5.26 Å². The first-order chi connectivity index (χ1) is 9.10. The van der Waals surface area contributed by atoms with Gasteiger partial charge in [0.1, 0.15) is 30.1 Å². The number of nitrogens with zero attached hydrogens (tertiary/aromatic N) is 1. The third-order valence-corrected chi connectivity index (χ3v) is 2.95. The van der Waals surface area contributed by atoms with Crippen LogP contribution in [-0.4, -0.2) is 0 Å². The molecule has 0 fully saturated rings. The molecule has 0 spiro atoms. The Hall–Kier alpha value is -1.93. The molecule has 0 N–H and O–H groups in total. The van der Waals surface area contributed by atoms with Crippen LogP contribution in [0.5, 0.6) is 5.75 Å². The van der Waals surface area contributed by atoms with Crippen molar-refractivity contribution in [3.63, 3.8) is 0 Å². The Labute approximate surface area is 117 Å². The van der Waals surface area contributed by atoms with Gasteiger partial charge >= 0.3 is 0 Å². The predicted molar refractivity (Wildman–Crippen MR) is 69.5 cm³/mol. The van der Waals surface area contributed by atoms with E-state index < -0.39 is 11.6 Å². The van der Waals surface area contributed by atoms with Crippen molar-refractivity contribution in [1.29, 1.82) is 5.26 Å². The van der Waals surface area contributed by atoms with Crippen molar-refractivity contribution in [2.75, 3.05) is 0 Å². The zero-order valence-corrected chi connectivity index (χ0v) is 11.2. The minimum absolute atomic E-state index is 0.104. The average Bonchev–Trinajstić information content (AvgIpc) is 2.40. The molecule has 96 valence electrons.